The third kappa shape index (κ3) is 7.38. The molecule has 2 aromatic carbocycles. The van der Waals surface area contributed by atoms with E-state index < -0.39 is 23.1 Å². The number of benzene rings is 2. The summed E-state index contributed by atoms with van der Waals surface area (Å²) in [6.07, 6.45) is 1.43. The summed E-state index contributed by atoms with van der Waals surface area (Å²) in [5.41, 5.74) is -1.50. The second-order valence-corrected chi connectivity index (χ2v) is 7.21. The maximum atomic E-state index is 10.8. The van der Waals surface area contributed by atoms with Crippen LogP contribution in [0, 0.1) is 0 Å². The molecule has 0 heterocycles. The lowest BCUT2D eigenvalue weighted by Gasteiger charge is -2.21. The quantitative estimate of drug-likeness (QED) is 0.626. The summed E-state index contributed by atoms with van der Waals surface area (Å²) in [6, 6.07) is 12.5. The molecule has 0 spiro atoms. The summed E-state index contributed by atoms with van der Waals surface area (Å²) in [5, 5.41) is 17.6. The second kappa shape index (κ2) is 10.2. The van der Waals surface area contributed by atoms with Gasteiger partial charge in [0.25, 0.3) is 0 Å². The number of rotatable bonds is 8. The Kier molecular flexibility index (Phi) is 8.28. The largest absolute Gasteiger partial charge is 0.478 e. The molecule has 30 heavy (non-hydrogen) atoms. The molecule has 0 saturated carbocycles. The van der Waals surface area contributed by atoms with Crippen LogP contribution < -0.4 is 9.47 Å². The average molecular weight is 416 g/mol. The third-order valence-corrected chi connectivity index (χ3v) is 3.81. The van der Waals surface area contributed by atoms with Gasteiger partial charge in [-0.25, -0.2) is 9.59 Å². The SMILES string of the molecule is CC(C)(Oc1ccc(C=O)cc1)C(=O)O.CC(C)(Oc1ccc(C=O)cc1)C(=O)O. The number of aliphatic carboxylic acids is 2. The number of carbonyl (C=O) groups excluding carboxylic acids is 2. The number of hydrogen-bond donors (Lipinski definition) is 2. The van der Waals surface area contributed by atoms with Gasteiger partial charge in [0.2, 0.25) is 0 Å². The van der Waals surface area contributed by atoms with Gasteiger partial charge in [0.05, 0.1) is 0 Å². The third-order valence-electron chi connectivity index (χ3n) is 3.81. The number of aldehydes is 2. The first-order valence-corrected chi connectivity index (χ1v) is 8.86. The summed E-state index contributed by atoms with van der Waals surface area (Å²) in [6.45, 7) is 5.85. The molecule has 0 bridgehead atoms. The van der Waals surface area contributed by atoms with Crippen molar-refractivity contribution in [1.82, 2.24) is 0 Å². The van der Waals surface area contributed by atoms with Crippen LogP contribution in [0.5, 0.6) is 11.5 Å². The van der Waals surface area contributed by atoms with Crippen molar-refractivity contribution in [2.45, 2.75) is 38.9 Å². The van der Waals surface area contributed by atoms with Gasteiger partial charge in [0, 0.05) is 11.1 Å². The topological polar surface area (TPSA) is 127 Å². The Hall–Kier alpha value is -3.68. The molecule has 0 amide bonds. The van der Waals surface area contributed by atoms with Crippen molar-refractivity contribution in [2.75, 3.05) is 0 Å². The van der Waals surface area contributed by atoms with Gasteiger partial charge in [-0.15, -0.1) is 0 Å². The summed E-state index contributed by atoms with van der Waals surface area (Å²) >= 11 is 0. The summed E-state index contributed by atoms with van der Waals surface area (Å²) in [4.78, 5) is 42.3. The van der Waals surface area contributed by atoms with Gasteiger partial charge < -0.3 is 19.7 Å². The van der Waals surface area contributed by atoms with Gasteiger partial charge in [-0.1, -0.05) is 0 Å². The van der Waals surface area contributed by atoms with Crippen molar-refractivity contribution in [2.24, 2.45) is 0 Å². The van der Waals surface area contributed by atoms with Gasteiger partial charge in [-0.3, -0.25) is 9.59 Å². The fourth-order valence-electron chi connectivity index (χ4n) is 1.91. The Morgan fingerprint density at radius 3 is 1.13 bits per heavy atom. The lowest BCUT2D eigenvalue weighted by atomic mass is 10.1. The van der Waals surface area contributed by atoms with E-state index in [0.29, 0.717) is 35.2 Å². The van der Waals surface area contributed by atoms with E-state index in [1.54, 1.807) is 48.5 Å². The first-order valence-electron chi connectivity index (χ1n) is 8.86. The van der Waals surface area contributed by atoms with Crippen molar-refractivity contribution in [3.05, 3.63) is 59.7 Å². The second-order valence-electron chi connectivity index (χ2n) is 7.21. The van der Waals surface area contributed by atoms with Gasteiger partial charge in [-0.05, 0) is 76.2 Å². The van der Waals surface area contributed by atoms with E-state index >= 15 is 0 Å². The molecule has 0 aromatic heterocycles. The monoisotopic (exact) mass is 416 g/mol. The Morgan fingerprint density at radius 2 is 0.933 bits per heavy atom. The highest BCUT2D eigenvalue weighted by Gasteiger charge is 2.30. The van der Waals surface area contributed by atoms with Gasteiger partial charge >= 0.3 is 11.9 Å². The molecular formula is C22H24O8. The molecule has 8 nitrogen and oxygen atoms in total. The molecule has 0 atom stereocenters. The molecule has 0 fully saturated rings. The standard InChI is InChI=1S/2C11H12O4/c2*1-11(2,10(13)14)15-9-5-3-8(7-12)4-6-9/h2*3-7H,1-2H3,(H,13,14). The predicted octanol–water partition coefficient (Wildman–Crippen LogP) is 3.48. The average Bonchev–Trinajstić information content (AvgIpc) is 2.69. The molecule has 160 valence electrons. The minimum atomic E-state index is -1.28. The highest BCUT2D eigenvalue weighted by Crippen LogP contribution is 2.19. The van der Waals surface area contributed by atoms with Crippen molar-refractivity contribution in [1.29, 1.82) is 0 Å². The zero-order valence-electron chi connectivity index (χ0n) is 17.1. The van der Waals surface area contributed by atoms with Gasteiger partial charge in [0.15, 0.2) is 11.2 Å². The Labute approximate surface area is 174 Å². The maximum Gasteiger partial charge on any atom is 0.347 e. The molecule has 0 radical (unpaired) electrons. The van der Waals surface area contributed by atoms with Crippen LogP contribution in [0.25, 0.3) is 0 Å². The Bertz CT molecular complexity index is 805. The number of carboxylic acid groups (broad SMARTS) is 2. The van der Waals surface area contributed by atoms with Crippen LogP contribution in [0.1, 0.15) is 48.4 Å². The lowest BCUT2D eigenvalue weighted by molar-refractivity contribution is -0.152. The molecule has 0 saturated heterocycles. The van der Waals surface area contributed by atoms with E-state index in [0.717, 1.165) is 0 Å². The Morgan fingerprint density at radius 1 is 0.667 bits per heavy atom. The van der Waals surface area contributed by atoms with E-state index in [1.165, 1.54) is 27.7 Å². The van der Waals surface area contributed by atoms with Crippen LogP contribution in [0.2, 0.25) is 0 Å². The van der Waals surface area contributed by atoms with Crippen LogP contribution in [0.15, 0.2) is 48.5 Å². The predicted molar refractivity (Wildman–Crippen MR) is 108 cm³/mol. The normalized spacial score (nSPS) is 10.8. The molecule has 2 rings (SSSR count). The molecule has 0 aliphatic carbocycles. The highest BCUT2D eigenvalue weighted by molar-refractivity contribution is 5.78. The molecule has 0 aliphatic rings. The van der Waals surface area contributed by atoms with E-state index in [4.69, 9.17) is 19.7 Å². The number of ether oxygens (including phenoxy) is 2. The first kappa shape index (κ1) is 24.4. The summed E-state index contributed by atoms with van der Waals surface area (Å²) < 4.78 is 10.5. The maximum absolute atomic E-state index is 10.8. The van der Waals surface area contributed by atoms with Crippen molar-refractivity contribution in [3.63, 3.8) is 0 Å². The van der Waals surface area contributed by atoms with Crippen molar-refractivity contribution in [3.8, 4) is 11.5 Å². The molecule has 2 N–H and O–H groups in total. The minimum absolute atomic E-state index is 0.424. The van der Waals surface area contributed by atoms with Crippen LogP contribution in [-0.2, 0) is 9.59 Å². The van der Waals surface area contributed by atoms with Gasteiger partial charge in [-0.2, -0.15) is 0 Å². The number of hydrogen-bond acceptors (Lipinski definition) is 6. The van der Waals surface area contributed by atoms with E-state index in [-0.39, 0.29) is 0 Å². The smallest absolute Gasteiger partial charge is 0.347 e. The summed E-state index contributed by atoms with van der Waals surface area (Å²) in [7, 11) is 0. The molecule has 2 aromatic rings. The van der Waals surface area contributed by atoms with E-state index in [2.05, 4.69) is 0 Å². The number of carboxylic acids is 2. The fourth-order valence-corrected chi connectivity index (χ4v) is 1.91. The van der Waals surface area contributed by atoms with Crippen molar-refractivity contribution >= 4 is 24.5 Å². The lowest BCUT2D eigenvalue weighted by Crippen LogP contribution is -2.37. The molecule has 8 heteroatoms. The zero-order valence-corrected chi connectivity index (χ0v) is 17.1. The van der Waals surface area contributed by atoms with Crippen LogP contribution >= 0.6 is 0 Å². The van der Waals surface area contributed by atoms with Crippen molar-refractivity contribution < 1.29 is 38.9 Å². The molecule has 0 unspecified atom stereocenters. The zero-order chi connectivity index (χ0) is 22.9. The fraction of sp³-hybridized carbons (Fsp3) is 0.273. The molecule has 0 aliphatic heterocycles. The number of carbonyl (C=O) groups is 4. The van der Waals surface area contributed by atoms with Gasteiger partial charge in [0.1, 0.15) is 24.1 Å². The minimum Gasteiger partial charge on any atom is -0.478 e. The highest BCUT2D eigenvalue weighted by atomic mass is 16.5. The summed E-state index contributed by atoms with van der Waals surface area (Å²) in [5.74, 6) is -1.23. The first-order chi connectivity index (χ1) is 13.9. The van der Waals surface area contributed by atoms with E-state index in [1.807, 2.05) is 0 Å². The van der Waals surface area contributed by atoms with Crippen LogP contribution in [0.3, 0.4) is 0 Å². The Balaban J connectivity index is 0.000000300. The van der Waals surface area contributed by atoms with Crippen LogP contribution in [0.4, 0.5) is 0 Å². The molecular weight excluding hydrogens is 392 g/mol. The van der Waals surface area contributed by atoms with E-state index in [9.17, 15) is 19.2 Å². The van der Waals surface area contributed by atoms with Crippen LogP contribution in [-0.4, -0.2) is 45.9 Å².